The van der Waals surface area contributed by atoms with Crippen molar-refractivity contribution in [2.45, 2.75) is 104 Å². The Bertz CT molecular complexity index is 1810. The fourth-order valence-electron chi connectivity index (χ4n) is 6.60. The van der Waals surface area contributed by atoms with E-state index in [1.54, 1.807) is 19.1 Å². The third-order valence-corrected chi connectivity index (χ3v) is 12.0. The first-order chi connectivity index (χ1) is 28.8. The third-order valence-electron chi connectivity index (χ3n) is 10.5. The molecule has 0 unspecified atom stereocenters. The number of aryl methyl sites for hydroxylation is 2. The quantitative estimate of drug-likeness (QED) is 0.0405. The van der Waals surface area contributed by atoms with Crippen LogP contribution in [0.15, 0.2) is 84.9 Å². The molecule has 3 N–H and O–H groups in total. The van der Waals surface area contributed by atoms with Crippen LogP contribution < -0.4 is 24.7 Å². The largest absolute Gasteiger partial charge is 0.496 e. The van der Waals surface area contributed by atoms with Gasteiger partial charge in [0.2, 0.25) is 0 Å². The number of ketones is 1. The maximum absolute atomic E-state index is 11.4. The van der Waals surface area contributed by atoms with Crippen molar-refractivity contribution in [3.63, 3.8) is 0 Å². The number of unbranched alkanes of at least 4 members (excludes halogenated alkanes) is 4. The van der Waals surface area contributed by atoms with Gasteiger partial charge in [0.1, 0.15) is 30.5 Å². The van der Waals surface area contributed by atoms with Crippen LogP contribution >= 0.6 is 35.3 Å². The van der Waals surface area contributed by atoms with Crippen LogP contribution in [0.5, 0.6) is 17.2 Å². The number of methoxy groups -OCH3 is 1. The summed E-state index contributed by atoms with van der Waals surface area (Å²) in [5.74, 6) is 3.00. The molecule has 0 atom stereocenters. The SMILES string of the molecule is CCCCCc1ccc(C(C)(C)c2ccc(OCC=O)c(Cl)c2)cc1.CCNSC.COc1cc(OCC(=O)CN)ccc1C(C)(C)c1ccc(CCCCCSC)cc1. The van der Waals surface area contributed by atoms with Gasteiger partial charge in [-0.2, -0.15) is 11.8 Å². The zero-order valence-electron chi connectivity index (χ0n) is 37.7. The molecule has 4 aromatic carbocycles. The molecule has 0 heterocycles. The van der Waals surface area contributed by atoms with Gasteiger partial charge in [-0.1, -0.05) is 145 Å². The number of hydrogen-bond donors (Lipinski definition) is 2. The lowest BCUT2D eigenvalue weighted by Gasteiger charge is -2.28. The van der Waals surface area contributed by atoms with Crippen molar-refractivity contribution in [2.75, 3.05) is 51.7 Å². The molecule has 7 nitrogen and oxygen atoms in total. The van der Waals surface area contributed by atoms with Gasteiger partial charge >= 0.3 is 0 Å². The molecule has 60 heavy (non-hydrogen) atoms. The predicted molar refractivity (Wildman–Crippen MR) is 259 cm³/mol. The summed E-state index contributed by atoms with van der Waals surface area (Å²) in [5, 5.41) is 0.531. The maximum Gasteiger partial charge on any atom is 0.183 e. The summed E-state index contributed by atoms with van der Waals surface area (Å²) < 4.78 is 19.5. The molecule has 0 fully saturated rings. The number of carbonyl (C=O) groups excluding carboxylic acids is 2. The van der Waals surface area contributed by atoms with Crippen molar-refractivity contribution in [3.8, 4) is 17.2 Å². The van der Waals surface area contributed by atoms with E-state index in [0.29, 0.717) is 16.5 Å². The van der Waals surface area contributed by atoms with E-state index >= 15 is 0 Å². The monoisotopic (exact) mass is 878 g/mol. The van der Waals surface area contributed by atoms with E-state index < -0.39 is 0 Å². The number of carbonyl (C=O) groups is 2. The topological polar surface area (TPSA) is 99.9 Å². The van der Waals surface area contributed by atoms with E-state index in [1.807, 2.05) is 54.4 Å². The first kappa shape index (κ1) is 52.7. The summed E-state index contributed by atoms with van der Waals surface area (Å²) in [6.07, 6.45) is 14.8. The van der Waals surface area contributed by atoms with Crippen LogP contribution in [0.3, 0.4) is 0 Å². The molecule has 0 radical (unpaired) electrons. The van der Waals surface area contributed by atoms with Crippen LogP contribution in [0.2, 0.25) is 5.02 Å². The van der Waals surface area contributed by atoms with Crippen LogP contribution in [0.4, 0.5) is 0 Å². The van der Waals surface area contributed by atoms with E-state index in [1.165, 1.54) is 66.5 Å². The first-order valence-corrected chi connectivity index (χ1v) is 24.1. The Balaban J connectivity index is 0.000000376. The molecule has 0 saturated heterocycles. The van der Waals surface area contributed by atoms with Gasteiger partial charge in [0.05, 0.1) is 18.7 Å². The van der Waals surface area contributed by atoms with E-state index in [9.17, 15) is 9.59 Å². The smallest absolute Gasteiger partial charge is 0.183 e. The Kier molecular flexibility index (Phi) is 25.4. The highest BCUT2D eigenvalue weighted by Crippen LogP contribution is 2.39. The minimum Gasteiger partial charge on any atom is -0.496 e. The number of nitrogens with one attached hydrogen (secondary N) is 1. The van der Waals surface area contributed by atoms with E-state index in [4.69, 9.17) is 31.5 Å². The van der Waals surface area contributed by atoms with Crippen LogP contribution in [0.1, 0.15) is 113 Å². The van der Waals surface area contributed by atoms with Crippen molar-refractivity contribution < 1.29 is 23.8 Å². The molecular weight excluding hydrogens is 808 g/mol. The van der Waals surface area contributed by atoms with Gasteiger partial charge in [-0.25, -0.2) is 0 Å². The lowest BCUT2D eigenvalue weighted by atomic mass is 9.77. The average molecular weight is 880 g/mol. The number of aldehydes is 1. The van der Waals surface area contributed by atoms with Gasteiger partial charge in [-0.3, -0.25) is 14.3 Å². The third kappa shape index (κ3) is 17.9. The molecule has 0 saturated carbocycles. The molecular formula is C50H71ClN2O5S2. The minimum absolute atomic E-state index is 0.0158. The average Bonchev–Trinajstić information content (AvgIpc) is 3.26. The number of nitrogens with two attached hydrogens (primary N) is 1. The maximum atomic E-state index is 11.4. The lowest BCUT2D eigenvalue weighted by molar-refractivity contribution is -0.119. The van der Waals surface area contributed by atoms with Crippen LogP contribution in [0, 0.1) is 0 Å². The number of thioether (sulfide) groups is 1. The van der Waals surface area contributed by atoms with Crippen molar-refractivity contribution in [1.82, 2.24) is 4.72 Å². The number of hydrogen-bond acceptors (Lipinski definition) is 9. The van der Waals surface area contributed by atoms with Crippen molar-refractivity contribution in [2.24, 2.45) is 5.73 Å². The Morgan fingerprint density at radius 2 is 1.35 bits per heavy atom. The summed E-state index contributed by atoms with van der Waals surface area (Å²) in [4.78, 5) is 21.9. The highest BCUT2D eigenvalue weighted by Gasteiger charge is 2.27. The van der Waals surface area contributed by atoms with Crippen molar-refractivity contribution in [1.29, 1.82) is 0 Å². The highest BCUT2D eigenvalue weighted by molar-refractivity contribution is 7.98. The summed E-state index contributed by atoms with van der Waals surface area (Å²) in [6, 6.07) is 29.3. The van der Waals surface area contributed by atoms with E-state index in [-0.39, 0.29) is 36.4 Å². The number of rotatable bonds is 24. The number of halogens is 1. The van der Waals surface area contributed by atoms with Crippen molar-refractivity contribution >= 4 is 47.4 Å². The summed E-state index contributed by atoms with van der Waals surface area (Å²) in [5.41, 5.74) is 12.4. The molecule has 4 aromatic rings. The Morgan fingerprint density at radius 3 is 1.85 bits per heavy atom. The Labute approximate surface area is 375 Å². The van der Waals surface area contributed by atoms with Gasteiger partial charge in [-0.05, 0) is 96.4 Å². The zero-order chi connectivity index (χ0) is 44.4. The Morgan fingerprint density at radius 1 is 0.750 bits per heavy atom. The minimum atomic E-state index is -0.228. The van der Waals surface area contributed by atoms with Crippen LogP contribution in [-0.2, 0) is 33.3 Å². The van der Waals surface area contributed by atoms with Crippen LogP contribution in [-0.4, -0.2) is 63.7 Å². The normalized spacial score (nSPS) is 11.1. The van der Waals surface area contributed by atoms with Gasteiger partial charge in [0.15, 0.2) is 12.1 Å². The predicted octanol–water partition coefficient (Wildman–Crippen LogP) is 11.9. The number of Topliss-reactive ketones (excluding diaryl/α,β-unsaturated/α-hetero) is 1. The molecule has 0 bridgehead atoms. The summed E-state index contributed by atoms with van der Waals surface area (Å²) in [6.45, 7) is 14.1. The fraction of sp³-hybridized carbons (Fsp3) is 0.480. The molecule has 0 aliphatic rings. The highest BCUT2D eigenvalue weighted by atomic mass is 35.5. The Hall–Kier alpha value is -3.47. The van der Waals surface area contributed by atoms with Crippen LogP contribution in [0.25, 0.3) is 0 Å². The second-order valence-electron chi connectivity index (χ2n) is 15.6. The second-order valence-corrected chi connectivity index (χ2v) is 17.7. The zero-order valence-corrected chi connectivity index (χ0v) is 40.1. The van der Waals surface area contributed by atoms with Gasteiger partial charge in [0.25, 0.3) is 0 Å². The molecule has 0 aromatic heterocycles. The molecule has 330 valence electrons. The van der Waals surface area contributed by atoms with E-state index in [0.717, 1.165) is 42.5 Å². The molecule has 0 aliphatic carbocycles. The summed E-state index contributed by atoms with van der Waals surface area (Å²) in [7, 11) is 1.66. The van der Waals surface area contributed by atoms with Gasteiger partial charge in [0, 0.05) is 29.0 Å². The van der Waals surface area contributed by atoms with E-state index in [2.05, 4.69) is 101 Å². The van der Waals surface area contributed by atoms with Crippen molar-refractivity contribution in [3.05, 3.63) is 123 Å². The molecule has 0 aliphatic heterocycles. The lowest BCUT2D eigenvalue weighted by Crippen LogP contribution is -2.21. The number of benzene rings is 4. The fourth-order valence-corrected chi connectivity index (χ4v) is 7.62. The summed E-state index contributed by atoms with van der Waals surface area (Å²) >= 11 is 9.89. The molecule has 10 heteroatoms. The van der Waals surface area contributed by atoms with Gasteiger partial charge in [-0.15, -0.1) is 0 Å². The second kappa shape index (κ2) is 28.9. The first-order valence-electron chi connectivity index (χ1n) is 21.2. The molecule has 0 spiro atoms. The number of ether oxygens (including phenoxy) is 3. The molecule has 0 amide bonds. The van der Waals surface area contributed by atoms with Gasteiger partial charge < -0.3 is 19.9 Å². The standard InChI is InChI=1S/C25H35NO3S.C22H27ClO2.C3H9NS/c1-25(2,20-11-9-19(10-12-20)8-6-5-7-15-30-4)23-14-13-22(16-24(23)28-3)29-18-21(27)17-26;1-4-5-6-7-17-8-10-18(11-9-17)22(2,3)19-12-13-21(20(23)16-19)25-15-14-24;1-3-4-5-2/h9-14,16H,5-8,15,17-18,26H2,1-4H3;8-14,16H,4-7,15H2,1-3H3;4H,3H2,1-2H3. The molecule has 4 rings (SSSR count).